The van der Waals surface area contributed by atoms with Crippen LogP contribution < -0.4 is 5.32 Å². The minimum Gasteiger partial charge on any atom is -0.388 e. The molecule has 3 nitrogen and oxygen atoms in total. The van der Waals surface area contributed by atoms with E-state index in [-0.39, 0.29) is 24.3 Å². The van der Waals surface area contributed by atoms with Crippen molar-refractivity contribution in [3.63, 3.8) is 0 Å². The lowest BCUT2D eigenvalue weighted by Crippen LogP contribution is -2.36. The number of rotatable bonds is 6. The van der Waals surface area contributed by atoms with Crippen LogP contribution in [0.5, 0.6) is 0 Å². The van der Waals surface area contributed by atoms with E-state index in [0.717, 1.165) is 5.56 Å². The van der Waals surface area contributed by atoms with E-state index in [9.17, 15) is 9.90 Å². The highest BCUT2D eigenvalue weighted by atomic mass is 16.3. The van der Waals surface area contributed by atoms with Crippen molar-refractivity contribution < 1.29 is 9.90 Å². The van der Waals surface area contributed by atoms with Crippen molar-refractivity contribution in [1.29, 1.82) is 0 Å². The zero-order valence-electron chi connectivity index (χ0n) is 13.1. The summed E-state index contributed by atoms with van der Waals surface area (Å²) >= 11 is 0. The molecule has 22 heavy (non-hydrogen) atoms. The van der Waals surface area contributed by atoms with E-state index in [1.54, 1.807) is 0 Å². The molecule has 0 saturated heterocycles. The molecular formula is C19H23NO2. The summed E-state index contributed by atoms with van der Waals surface area (Å²) in [4.78, 5) is 12.1. The van der Waals surface area contributed by atoms with Gasteiger partial charge in [-0.15, -0.1) is 0 Å². The summed E-state index contributed by atoms with van der Waals surface area (Å²) < 4.78 is 0. The predicted octanol–water partition coefficient (Wildman–Crippen LogP) is 3.42. The van der Waals surface area contributed by atoms with Crippen molar-refractivity contribution in [3.05, 3.63) is 71.8 Å². The lowest BCUT2D eigenvalue weighted by atomic mass is 9.94. The number of carbonyl (C=O) groups is 1. The Morgan fingerprint density at radius 2 is 1.45 bits per heavy atom. The summed E-state index contributed by atoms with van der Waals surface area (Å²) in [6, 6.07) is 19.4. The van der Waals surface area contributed by atoms with E-state index in [1.807, 2.05) is 55.5 Å². The van der Waals surface area contributed by atoms with Crippen LogP contribution in [0.3, 0.4) is 0 Å². The molecule has 0 bridgehead atoms. The van der Waals surface area contributed by atoms with Gasteiger partial charge in [-0.1, -0.05) is 67.6 Å². The number of carbonyl (C=O) groups excluding carboxylic acids is 1. The highest BCUT2D eigenvalue weighted by Gasteiger charge is 2.18. The maximum atomic E-state index is 12.1. The van der Waals surface area contributed by atoms with Crippen molar-refractivity contribution in [2.75, 3.05) is 0 Å². The Balaban J connectivity index is 1.89. The fourth-order valence-corrected chi connectivity index (χ4v) is 2.45. The lowest BCUT2D eigenvalue weighted by molar-refractivity contribution is -0.123. The number of aliphatic hydroxyl groups is 1. The van der Waals surface area contributed by atoms with Gasteiger partial charge in [0.15, 0.2) is 0 Å². The summed E-state index contributed by atoms with van der Waals surface area (Å²) in [5, 5.41) is 13.1. The molecule has 1 amide bonds. The van der Waals surface area contributed by atoms with Gasteiger partial charge in [0.2, 0.25) is 5.91 Å². The molecule has 0 radical (unpaired) electrons. The highest BCUT2D eigenvalue weighted by Crippen LogP contribution is 2.20. The average Bonchev–Trinajstić information content (AvgIpc) is 2.55. The number of hydrogen-bond acceptors (Lipinski definition) is 2. The first-order chi connectivity index (χ1) is 10.6. The number of amides is 1. The molecule has 0 heterocycles. The molecule has 0 aliphatic rings. The Bertz CT molecular complexity index is 583. The lowest BCUT2D eigenvalue weighted by Gasteiger charge is -2.22. The molecule has 3 atom stereocenters. The van der Waals surface area contributed by atoms with Crippen molar-refractivity contribution in [2.45, 2.75) is 38.3 Å². The van der Waals surface area contributed by atoms with Gasteiger partial charge in [-0.2, -0.15) is 0 Å². The first-order valence-electron chi connectivity index (χ1n) is 7.65. The van der Waals surface area contributed by atoms with Crippen molar-refractivity contribution >= 4 is 5.91 Å². The van der Waals surface area contributed by atoms with Gasteiger partial charge in [-0.3, -0.25) is 4.79 Å². The molecule has 0 fully saturated rings. The van der Waals surface area contributed by atoms with Gasteiger partial charge < -0.3 is 10.4 Å². The third-order valence-corrected chi connectivity index (χ3v) is 4.03. The van der Waals surface area contributed by atoms with Crippen molar-refractivity contribution in [2.24, 2.45) is 0 Å². The smallest absolute Gasteiger partial charge is 0.223 e. The summed E-state index contributed by atoms with van der Waals surface area (Å²) in [5.74, 6) is 0.0886. The largest absolute Gasteiger partial charge is 0.388 e. The van der Waals surface area contributed by atoms with Crippen LogP contribution in [-0.4, -0.2) is 17.1 Å². The van der Waals surface area contributed by atoms with Gasteiger partial charge in [0.25, 0.3) is 0 Å². The highest BCUT2D eigenvalue weighted by molar-refractivity contribution is 5.77. The first kappa shape index (κ1) is 16.2. The van der Waals surface area contributed by atoms with Crippen LogP contribution in [0.4, 0.5) is 0 Å². The van der Waals surface area contributed by atoms with Crippen LogP contribution >= 0.6 is 0 Å². The SMILES string of the molecule is CC(NC(=O)CC(O)c1ccccc1)C(C)c1ccccc1. The van der Waals surface area contributed by atoms with Gasteiger partial charge in [-0.25, -0.2) is 0 Å². The molecule has 2 rings (SSSR count). The summed E-state index contributed by atoms with van der Waals surface area (Å²) in [6.07, 6.45) is -0.684. The summed E-state index contributed by atoms with van der Waals surface area (Å²) in [6.45, 7) is 4.08. The third kappa shape index (κ3) is 4.43. The topological polar surface area (TPSA) is 49.3 Å². The molecular weight excluding hydrogens is 274 g/mol. The number of aliphatic hydroxyl groups excluding tert-OH is 1. The van der Waals surface area contributed by atoms with Gasteiger partial charge in [0.05, 0.1) is 12.5 Å². The molecule has 0 saturated carbocycles. The number of benzene rings is 2. The Kier molecular flexibility index (Phi) is 5.73. The molecule has 3 heteroatoms. The van der Waals surface area contributed by atoms with E-state index in [1.165, 1.54) is 5.56 Å². The minimum absolute atomic E-state index is 0.0119. The van der Waals surface area contributed by atoms with Crippen LogP contribution in [0.1, 0.15) is 43.4 Å². The molecule has 0 aliphatic carbocycles. The summed E-state index contributed by atoms with van der Waals surface area (Å²) in [7, 11) is 0. The van der Waals surface area contributed by atoms with Crippen LogP contribution in [0.2, 0.25) is 0 Å². The van der Waals surface area contributed by atoms with E-state index < -0.39 is 6.10 Å². The Morgan fingerprint density at radius 1 is 0.955 bits per heavy atom. The quantitative estimate of drug-likeness (QED) is 0.858. The van der Waals surface area contributed by atoms with Crippen molar-refractivity contribution in [1.82, 2.24) is 5.32 Å². The fourth-order valence-electron chi connectivity index (χ4n) is 2.45. The summed E-state index contributed by atoms with van der Waals surface area (Å²) in [5.41, 5.74) is 1.96. The first-order valence-corrected chi connectivity index (χ1v) is 7.65. The number of nitrogens with one attached hydrogen (secondary N) is 1. The van der Waals surface area contributed by atoms with E-state index in [4.69, 9.17) is 0 Å². The maximum Gasteiger partial charge on any atom is 0.223 e. The monoisotopic (exact) mass is 297 g/mol. The van der Waals surface area contributed by atoms with E-state index >= 15 is 0 Å². The fraction of sp³-hybridized carbons (Fsp3) is 0.316. The molecule has 0 spiro atoms. The van der Waals surface area contributed by atoms with Gasteiger partial charge in [-0.05, 0) is 18.1 Å². The van der Waals surface area contributed by atoms with Gasteiger partial charge >= 0.3 is 0 Å². The second-order valence-electron chi connectivity index (χ2n) is 5.69. The van der Waals surface area contributed by atoms with Gasteiger partial charge in [0.1, 0.15) is 0 Å². The second-order valence-corrected chi connectivity index (χ2v) is 5.69. The Hall–Kier alpha value is -2.13. The maximum absolute atomic E-state index is 12.1. The van der Waals surface area contributed by atoms with Crippen LogP contribution in [0.25, 0.3) is 0 Å². The van der Waals surface area contributed by atoms with Crippen LogP contribution in [-0.2, 0) is 4.79 Å². The van der Waals surface area contributed by atoms with Crippen LogP contribution in [0.15, 0.2) is 60.7 Å². The zero-order valence-corrected chi connectivity index (χ0v) is 13.1. The van der Waals surface area contributed by atoms with Gasteiger partial charge in [0, 0.05) is 12.0 Å². The third-order valence-electron chi connectivity index (χ3n) is 4.03. The van der Waals surface area contributed by atoms with E-state index in [2.05, 4.69) is 24.4 Å². The molecule has 3 unspecified atom stereocenters. The average molecular weight is 297 g/mol. The second kappa shape index (κ2) is 7.76. The minimum atomic E-state index is -0.763. The number of hydrogen-bond donors (Lipinski definition) is 2. The zero-order chi connectivity index (χ0) is 15.9. The molecule has 116 valence electrons. The Labute approximate surface area is 132 Å². The molecule has 2 aromatic rings. The van der Waals surface area contributed by atoms with Crippen LogP contribution in [0, 0.1) is 0 Å². The molecule has 0 aliphatic heterocycles. The molecule has 2 N–H and O–H groups in total. The van der Waals surface area contributed by atoms with E-state index in [0.29, 0.717) is 0 Å². The Morgan fingerprint density at radius 3 is 2.00 bits per heavy atom. The van der Waals surface area contributed by atoms with Crippen molar-refractivity contribution in [3.8, 4) is 0 Å². The standard InChI is InChI=1S/C19H23NO2/c1-14(16-9-5-3-6-10-16)15(2)20-19(22)13-18(21)17-11-7-4-8-12-17/h3-12,14-15,18,21H,13H2,1-2H3,(H,20,22). The molecule has 0 aromatic heterocycles. The normalized spacial score (nSPS) is 14.9. The molecule has 2 aromatic carbocycles. The predicted molar refractivity (Wildman–Crippen MR) is 88.5 cm³/mol.